The molecule has 0 aliphatic rings. The van der Waals surface area contributed by atoms with Crippen LogP contribution >= 0.6 is 0 Å². The fourth-order valence-corrected chi connectivity index (χ4v) is 1.12. The van der Waals surface area contributed by atoms with Gasteiger partial charge in [-0.25, -0.2) is 4.79 Å². The number of amidine groups is 1. The maximum absolute atomic E-state index is 11.6. The van der Waals surface area contributed by atoms with Crippen LogP contribution in [0.15, 0.2) is 6.20 Å². The minimum atomic E-state index is -0.256. The first-order chi connectivity index (χ1) is 7.47. The third-order valence-corrected chi connectivity index (χ3v) is 2.28. The topological polar surface area (TPSA) is 100 Å². The van der Waals surface area contributed by atoms with Gasteiger partial charge in [0, 0.05) is 20.6 Å². The number of aromatic nitrogens is 2. The summed E-state index contributed by atoms with van der Waals surface area (Å²) in [6, 6.07) is -0.256. The van der Waals surface area contributed by atoms with Crippen molar-refractivity contribution in [3.63, 3.8) is 0 Å². The fourth-order valence-electron chi connectivity index (χ4n) is 1.12. The van der Waals surface area contributed by atoms with Crippen LogP contribution in [0, 0.1) is 5.41 Å². The van der Waals surface area contributed by atoms with E-state index in [2.05, 4.69) is 10.4 Å². The van der Waals surface area contributed by atoms with Crippen molar-refractivity contribution in [1.82, 2.24) is 14.7 Å². The summed E-state index contributed by atoms with van der Waals surface area (Å²) in [6.07, 6.45) is 1.45. The van der Waals surface area contributed by atoms with Crippen molar-refractivity contribution in [2.75, 3.05) is 18.9 Å². The van der Waals surface area contributed by atoms with E-state index in [-0.39, 0.29) is 11.9 Å². The summed E-state index contributed by atoms with van der Waals surface area (Å²) in [5.74, 6) is 0.306. The van der Waals surface area contributed by atoms with Gasteiger partial charge in [0.1, 0.15) is 11.7 Å². The zero-order valence-electron chi connectivity index (χ0n) is 9.61. The SMILES string of the molecule is CCN(C)C(=O)Nc1c(C(=N)N)cnn1C. The maximum Gasteiger partial charge on any atom is 0.322 e. The monoisotopic (exact) mass is 224 g/mol. The summed E-state index contributed by atoms with van der Waals surface area (Å²) in [4.78, 5) is 13.1. The average molecular weight is 224 g/mol. The van der Waals surface area contributed by atoms with Crippen LogP contribution in [0.5, 0.6) is 0 Å². The predicted molar refractivity (Wildman–Crippen MR) is 61.5 cm³/mol. The third-order valence-electron chi connectivity index (χ3n) is 2.28. The van der Waals surface area contributed by atoms with Crippen LogP contribution in [-0.2, 0) is 7.05 Å². The van der Waals surface area contributed by atoms with Crippen LogP contribution in [-0.4, -0.2) is 40.1 Å². The highest BCUT2D eigenvalue weighted by atomic mass is 16.2. The first-order valence-corrected chi connectivity index (χ1v) is 4.85. The first-order valence-electron chi connectivity index (χ1n) is 4.85. The second-order valence-electron chi connectivity index (χ2n) is 3.39. The molecule has 16 heavy (non-hydrogen) atoms. The van der Waals surface area contributed by atoms with Gasteiger partial charge in [-0.15, -0.1) is 0 Å². The van der Waals surface area contributed by atoms with E-state index in [1.54, 1.807) is 14.1 Å². The summed E-state index contributed by atoms with van der Waals surface area (Å²) < 4.78 is 1.47. The van der Waals surface area contributed by atoms with E-state index in [0.717, 1.165) is 0 Å². The van der Waals surface area contributed by atoms with Crippen molar-refractivity contribution in [2.45, 2.75) is 6.92 Å². The second kappa shape index (κ2) is 4.65. The predicted octanol–water partition coefficient (Wildman–Crippen LogP) is 0.188. The molecule has 1 aromatic heterocycles. The summed E-state index contributed by atoms with van der Waals surface area (Å²) in [5.41, 5.74) is 5.79. The molecule has 7 heteroatoms. The quantitative estimate of drug-likeness (QED) is 0.504. The van der Waals surface area contributed by atoms with Crippen molar-refractivity contribution in [3.05, 3.63) is 11.8 Å². The largest absolute Gasteiger partial charge is 0.384 e. The third kappa shape index (κ3) is 2.30. The van der Waals surface area contributed by atoms with Gasteiger partial charge in [0.2, 0.25) is 0 Å². The number of hydrogen-bond donors (Lipinski definition) is 3. The standard InChI is InChI=1S/C9H16N6O/c1-4-14(2)9(16)13-8-6(7(10)11)5-12-15(8)3/h5H,4H2,1-3H3,(H3,10,11)(H,13,16). The Morgan fingerprint density at radius 3 is 2.88 bits per heavy atom. The molecule has 2 amide bonds. The molecular formula is C9H16N6O. The van der Waals surface area contributed by atoms with Gasteiger partial charge in [0.15, 0.2) is 0 Å². The van der Waals surface area contributed by atoms with Gasteiger partial charge in [0.05, 0.1) is 11.8 Å². The first kappa shape index (κ1) is 12.0. The number of hydrogen-bond acceptors (Lipinski definition) is 3. The van der Waals surface area contributed by atoms with Gasteiger partial charge in [-0.1, -0.05) is 0 Å². The van der Waals surface area contributed by atoms with Crippen molar-refractivity contribution >= 4 is 17.7 Å². The molecule has 1 aromatic rings. The molecule has 0 bridgehead atoms. The van der Waals surface area contributed by atoms with Crippen molar-refractivity contribution in [1.29, 1.82) is 5.41 Å². The Balaban J connectivity index is 2.92. The molecule has 4 N–H and O–H groups in total. The van der Waals surface area contributed by atoms with Crippen LogP contribution in [0.25, 0.3) is 0 Å². The molecule has 0 saturated heterocycles. The molecular weight excluding hydrogens is 208 g/mol. The molecule has 88 valence electrons. The maximum atomic E-state index is 11.6. The zero-order valence-corrected chi connectivity index (χ0v) is 9.61. The van der Waals surface area contributed by atoms with Crippen LogP contribution < -0.4 is 11.1 Å². The lowest BCUT2D eigenvalue weighted by molar-refractivity contribution is 0.224. The Bertz CT molecular complexity index is 410. The Labute approximate surface area is 93.7 Å². The molecule has 0 aromatic carbocycles. The lowest BCUT2D eigenvalue weighted by Crippen LogP contribution is -2.32. The number of nitrogens with zero attached hydrogens (tertiary/aromatic N) is 3. The minimum absolute atomic E-state index is 0.123. The Kier molecular flexibility index (Phi) is 3.49. The Morgan fingerprint density at radius 2 is 2.38 bits per heavy atom. The number of nitrogens with one attached hydrogen (secondary N) is 2. The number of carbonyl (C=O) groups excluding carboxylic acids is 1. The number of aryl methyl sites for hydroxylation is 1. The van der Waals surface area contributed by atoms with Crippen LogP contribution in [0.2, 0.25) is 0 Å². The van der Waals surface area contributed by atoms with Gasteiger partial charge >= 0.3 is 6.03 Å². The van der Waals surface area contributed by atoms with Crippen molar-refractivity contribution in [2.24, 2.45) is 12.8 Å². The summed E-state index contributed by atoms with van der Waals surface area (Å²) in [5, 5.41) is 13.9. The number of anilines is 1. The van der Waals surface area contributed by atoms with Crippen molar-refractivity contribution < 1.29 is 4.79 Å². The van der Waals surface area contributed by atoms with E-state index in [1.165, 1.54) is 15.8 Å². The molecule has 7 nitrogen and oxygen atoms in total. The molecule has 0 spiro atoms. The average Bonchev–Trinajstić information content (AvgIpc) is 2.59. The molecule has 1 rings (SSSR count). The number of rotatable bonds is 3. The highest BCUT2D eigenvalue weighted by Crippen LogP contribution is 2.13. The van der Waals surface area contributed by atoms with Crippen molar-refractivity contribution in [3.8, 4) is 0 Å². The number of urea groups is 1. The minimum Gasteiger partial charge on any atom is -0.384 e. The molecule has 0 aliphatic heterocycles. The normalized spacial score (nSPS) is 9.94. The van der Waals surface area contributed by atoms with E-state index >= 15 is 0 Å². The van der Waals surface area contributed by atoms with Gasteiger partial charge < -0.3 is 10.6 Å². The number of nitrogen functional groups attached to an aromatic ring is 1. The number of nitrogens with two attached hydrogens (primary N) is 1. The van der Waals surface area contributed by atoms with E-state index in [4.69, 9.17) is 11.1 Å². The number of amides is 2. The molecule has 0 fully saturated rings. The van der Waals surface area contributed by atoms with E-state index < -0.39 is 0 Å². The highest BCUT2D eigenvalue weighted by Gasteiger charge is 2.15. The van der Waals surface area contributed by atoms with E-state index in [0.29, 0.717) is 17.9 Å². The van der Waals surface area contributed by atoms with Crippen LogP contribution in [0.1, 0.15) is 12.5 Å². The highest BCUT2D eigenvalue weighted by molar-refractivity contribution is 6.02. The smallest absolute Gasteiger partial charge is 0.322 e. The van der Waals surface area contributed by atoms with Gasteiger partial charge in [0.25, 0.3) is 0 Å². The Hall–Kier alpha value is -2.05. The fraction of sp³-hybridized carbons (Fsp3) is 0.444. The molecule has 0 unspecified atom stereocenters. The molecule has 0 aliphatic carbocycles. The molecule has 1 heterocycles. The van der Waals surface area contributed by atoms with Crippen LogP contribution in [0.4, 0.5) is 10.6 Å². The van der Waals surface area contributed by atoms with Gasteiger partial charge in [-0.2, -0.15) is 5.10 Å². The lowest BCUT2D eigenvalue weighted by Gasteiger charge is -2.16. The van der Waals surface area contributed by atoms with E-state index in [1.807, 2.05) is 6.92 Å². The molecule has 0 saturated carbocycles. The molecule has 0 radical (unpaired) electrons. The summed E-state index contributed by atoms with van der Waals surface area (Å²) in [6.45, 7) is 2.47. The Morgan fingerprint density at radius 1 is 1.75 bits per heavy atom. The zero-order chi connectivity index (χ0) is 12.3. The van der Waals surface area contributed by atoms with E-state index in [9.17, 15) is 4.79 Å². The lowest BCUT2D eigenvalue weighted by atomic mass is 10.3. The van der Waals surface area contributed by atoms with Crippen LogP contribution in [0.3, 0.4) is 0 Å². The molecule has 0 atom stereocenters. The van der Waals surface area contributed by atoms with Gasteiger partial charge in [-0.05, 0) is 6.92 Å². The second-order valence-corrected chi connectivity index (χ2v) is 3.39. The summed E-state index contributed by atoms with van der Waals surface area (Å²) in [7, 11) is 3.35. The van der Waals surface area contributed by atoms with Gasteiger partial charge in [-0.3, -0.25) is 15.4 Å². The number of carbonyl (C=O) groups is 1. The summed E-state index contributed by atoms with van der Waals surface area (Å²) >= 11 is 0.